The van der Waals surface area contributed by atoms with Gasteiger partial charge in [-0.2, -0.15) is 0 Å². The van der Waals surface area contributed by atoms with Crippen molar-refractivity contribution in [3.63, 3.8) is 0 Å². The van der Waals surface area contributed by atoms with Crippen molar-refractivity contribution in [3.05, 3.63) is 0 Å². The van der Waals surface area contributed by atoms with Crippen LogP contribution in [0.25, 0.3) is 0 Å². The summed E-state index contributed by atoms with van der Waals surface area (Å²) in [6.45, 7) is 0.920. The van der Waals surface area contributed by atoms with Crippen LogP contribution in [0.1, 0.15) is 38.5 Å². The predicted molar refractivity (Wildman–Crippen MR) is 83.1 cm³/mol. The maximum absolute atomic E-state index is 10.3. The van der Waals surface area contributed by atoms with Crippen molar-refractivity contribution >= 4 is 12.2 Å². The molecule has 4 N–H and O–H groups in total. The summed E-state index contributed by atoms with van der Waals surface area (Å²) in [7, 11) is 0. The Bertz CT molecular complexity index is 431. The summed E-state index contributed by atoms with van der Waals surface area (Å²) in [5, 5.41) is 0. The number of nitrogens with two attached hydrogens (primary N) is 2. The molecule has 6 unspecified atom stereocenters. The SMILES string of the molecule is NC(=O)OCC1CCC2OC2C1.NC(=O)OCC1CCC2OC2C1. The van der Waals surface area contributed by atoms with Crippen molar-refractivity contribution in [2.45, 2.75) is 62.9 Å². The Kier molecular flexibility index (Phi) is 5.45. The Morgan fingerprint density at radius 3 is 1.50 bits per heavy atom. The van der Waals surface area contributed by atoms with Crippen molar-refractivity contribution in [3.8, 4) is 0 Å². The third kappa shape index (κ3) is 5.24. The van der Waals surface area contributed by atoms with Crippen LogP contribution in [0.15, 0.2) is 0 Å². The highest BCUT2D eigenvalue weighted by molar-refractivity contribution is 5.64. The van der Waals surface area contributed by atoms with Gasteiger partial charge in [0, 0.05) is 0 Å². The van der Waals surface area contributed by atoms with E-state index in [9.17, 15) is 9.59 Å². The van der Waals surface area contributed by atoms with Gasteiger partial charge in [0.05, 0.1) is 37.6 Å². The minimum atomic E-state index is -0.672. The number of fused-ring (bicyclic) bond motifs is 2. The quantitative estimate of drug-likeness (QED) is 0.741. The van der Waals surface area contributed by atoms with E-state index < -0.39 is 12.2 Å². The topological polar surface area (TPSA) is 130 Å². The van der Waals surface area contributed by atoms with Crippen LogP contribution in [0.4, 0.5) is 9.59 Å². The summed E-state index contributed by atoms with van der Waals surface area (Å²) >= 11 is 0. The molecule has 8 nitrogen and oxygen atoms in total. The van der Waals surface area contributed by atoms with E-state index >= 15 is 0 Å². The molecule has 2 saturated carbocycles. The van der Waals surface area contributed by atoms with Crippen LogP contribution in [-0.2, 0) is 18.9 Å². The Morgan fingerprint density at radius 2 is 1.17 bits per heavy atom. The lowest BCUT2D eigenvalue weighted by Gasteiger charge is -2.17. The molecule has 4 fully saturated rings. The summed E-state index contributed by atoms with van der Waals surface area (Å²) in [5.74, 6) is 0.919. The number of rotatable bonds is 4. The molecule has 0 radical (unpaired) electrons. The number of hydrogen-bond donors (Lipinski definition) is 2. The van der Waals surface area contributed by atoms with Gasteiger partial charge in [-0.05, 0) is 50.4 Å². The number of amides is 2. The Hall–Kier alpha value is -1.54. The lowest BCUT2D eigenvalue weighted by atomic mass is 9.90. The van der Waals surface area contributed by atoms with Crippen molar-refractivity contribution in [1.82, 2.24) is 0 Å². The van der Waals surface area contributed by atoms with Gasteiger partial charge in [-0.1, -0.05) is 0 Å². The highest BCUT2D eigenvalue weighted by atomic mass is 16.6. The van der Waals surface area contributed by atoms with Crippen LogP contribution in [0, 0.1) is 11.8 Å². The first kappa shape index (κ1) is 17.3. The molecule has 0 aromatic carbocycles. The largest absolute Gasteiger partial charge is 0.449 e. The number of carbonyl (C=O) groups is 2. The summed E-state index contributed by atoms with van der Waals surface area (Å²) < 4.78 is 20.1. The lowest BCUT2D eigenvalue weighted by molar-refractivity contribution is 0.126. The zero-order valence-electron chi connectivity index (χ0n) is 13.7. The molecule has 4 aliphatic rings. The Balaban J connectivity index is 0.000000141. The summed E-state index contributed by atoms with van der Waals surface area (Å²) in [6.07, 6.45) is 7.01. The molecule has 8 heteroatoms. The fourth-order valence-electron chi connectivity index (χ4n) is 3.68. The molecule has 0 spiro atoms. The molecular formula is C16H26N2O6. The lowest BCUT2D eigenvalue weighted by Crippen LogP contribution is -2.22. The monoisotopic (exact) mass is 342 g/mol. The van der Waals surface area contributed by atoms with Gasteiger partial charge < -0.3 is 30.4 Å². The van der Waals surface area contributed by atoms with Crippen LogP contribution in [-0.4, -0.2) is 49.8 Å². The first-order valence-corrected chi connectivity index (χ1v) is 8.66. The first-order valence-electron chi connectivity index (χ1n) is 8.66. The van der Waals surface area contributed by atoms with Crippen molar-refractivity contribution in [2.24, 2.45) is 23.3 Å². The number of carbonyl (C=O) groups excluding carboxylic acids is 2. The fraction of sp³-hybridized carbons (Fsp3) is 0.875. The van der Waals surface area contributed by atoms with E-state index in [1.54, 1.807) is 0 Å². The molecule has 0 aromatic rings. The third-order valence-electron chi connectivity index (χ3n) is 5.15. The average Bonchev–Trinajstić information content (AvgIpc) is 3.44. The van der Waals surface area contributed by atoms with Crippen LogP contribution in [0.5, 0.6) is 0 Å². The second-order valence-corrected chi connectivity index (χ2v) is 7.04. The van der Waals surface area contributed by atoms with Gasteiger partial charge in [0.2, 0.25) is 0 Å². The highest BCUT2D eigenvalue weighted by Gasteiger charge is 2.44. The number of ether oxygens (including phenoxy) is 4. The van der Waals surface area contributed by atoms with Gasteiger partial charge in [0.25, 0.3) is 0 Å². The van der Waals surface area contributed by atoms with E-state index in [-0.39, 0.29) is 0 Å². The van der Waals surface area contributed by atoms with Crippen molar-refractivity contribution in [1.29, 1.82) is 0 Å². The van der Waals surface area contributed by atoms with Crippen LogP contribution >= 0.6 is 0 Å². The summed E-state index contributed by atoms with van der Waals surface area (Å²) in [5.41, 5.74) is 9.72. The van der Waals surface area contributed by atoms with Crippen LogP contribution in [0.3, 0.4) is 0 Å². The zero-order chi connectivity index (χ0) is 17.1. The van der Waals surface area contributed by atoms with Gasteiger partial charge in [0.15, 0.2) is 0 Å². The molecule has 136 valence electrons. The predicted octanol–water partition coefficient (Wildman–Crippen LogP) is 1.30. The van der Waals surface area contributed by atoms with Crippen molar-refractivity contribution < 1.29 is 28.5 Å². The average molecular weight is 342 g/mol. The van der Waals surface area contributed by atoms with E-state index in [0.29, 0.717) is 49.5 Å². The number of epoxide rings is 2. The van der Waals surface area contributed by atoms with Gasteiger partial charge in [-0.25, -0.2) is 9.59 Å². The Morgan fingerprint density at radius 1 is 0.750 bits per heavy atom. The number of primary amides is 2. The van der Waals surface area contributed by atoms with E-state index in [1.807, 2.05) is 0 Å². The van der Waals surface area contributed by atoms with E-state index in [4.69, 9.17) is 30.4 Å². The maximum Gasteiger partial charge on any atom is 0.404 e. The zero-order valence-corrected chi connectivity index (χ0v) is 13.7. The highest BCUT2D eigenvalue weighted by Crippen LogP contribution is 2.40. The molecule has 2 amide bonds. The first-order chi connectivity index (χ1) is 11.5. The van der Waals surface area contributed by atoms with E-state index in [0.717, 1.165) is 38.5 Å². The second-order valence-electron chi connectivity index (χ2n) is 7.04. The molecular weight excluding hydrogens is 316 g/mol. The molecule has 6 atom stereocenters. The molecule has 2 aliphatic heterocycles. The maximum atomic E-state index is 10.3. The van der Waals surface area contributed by atoms with E-state index in [2.05, 4.69) is 0 Å². The molecule has 0 aromatic heterocycles. The molecule has 4 rings (SSSR count). The fourth-order valence-corrected chi connectivity index (χ4v) is 3.68. The molecule has 2 aliphatic carbocycles. The van der Waals surface area contributed by atoms with Gasteiger partial charge in [-0.15, -0.1) is 0 Å². The van der Waals surface area contributed by atoms with Crippen molar-refractivity contribution in [2.75, 3.05) is 13.2 Å². The molecule has 0 bridgehead atoms. The normalized spacial score (nSPS) is 38.5. The minimum absolute atomic E-state index is 0.445. The molecule has 24 heavy (non-hydrogen) atoms. The van der Waals surface area contributed by atoms with Gasteiger partial charge >= 0.3 is 12.2 Å². The summed E-state index contributed by atoms with van der Waals surface area (Å²) in [4.78, 5) is 20.6. The van der Waals surface area contributed by atoms with Gasteiger partial charge in [0.1, 0.15) is 0 Å². The smallest absolute Gasteiger partial charge is 0.404 e. The molecule has 2 saturated heterocycles. The Labute approximate surface area is 141 Å². The van der Waals surface area contributed by atoms with Crippen LogP contribution < -0.4 is 11.5 Å². The second kappa shape index (κ2) is 7.57. The third-order valence-corrected chi connectivity index (χ3v) is 5.15. The molecule has 2 heterocycles. The number of hydrogen-bond acceptors (Lipinski definition) is 6. The van der Waals surface area contributed by atoms with Crippen LogP contribution in [0.2, 0.25) is 0 Å². The van der Waals surface area contributed by atoms with E-state index in [1.165, 1.54) is 0 Å². The standard InChI is InChI=1S/2C8H13NO3/c2*9-8(10)11-4-5-1-2-6-7(3-5)12-6/h2*5-7H,1-4H2,(H2,9,10). The van der Waals surface area contributed by atoms with Gasteiger partial charge in [-0.3, -0.25) is 0 Å². The summed E-state index contributed by atoms with van der Waals surface area (Å²) in [6, 6.07) is 0. The minimum Gasteiger partial charge on any atom is -0.449 e.